The third-order valence-electron chi connectivity index (χ3n) is 0.925. The van der Waals surface area contributed by atoms with Crippen molar-refractivity contribution in [1.82, 2.24) is 0 Å². The summed E-state index contributed by atoms with van der Waals surface area (Å²) < 4.78 is 0. The normalized spacial score (nSPS) is 13.7. The highest BCUT2D eigenvalue weighted by Gasteiger charge is 1.77. The zero-order chi connectivity index (χ0) is 7.82. The molecule has 0 atom stereocenters. The molecule has 0 aliphatic heterocycles. The van der Waals surface area contributed by atoms with Gasteiger partial charge in [0.05, 0.1) is 6.61 Å². The second-order valence-electron chi connectivity index (χ2n) is 1.87. The molecule has 56 valence electrons. The highest BCUT2D eigenvalue weighted by atomic mass is 35.5. The standard InChI is InChI=1S/C8H11ClO/c1-8(7-10)5-3-2-4-6-9/h2-6,10H,7H2,1H3/b3-2+,6-4-,8-5+. The third-order valence-corrected chi connectivity index (χ3v) is 1.07. The van der Waals surface area contributed by atoms with Crippen molar-refractivity contribution >= 4 is 11.6 Å². The molecule has 1 nitrogen and oxygen atoms in total. The van der Waals surface area contributed by atoms with E-state index in [-0.39, 0.29) is 6.61 Å². The van der Waals surface area contributed by atoms with Crippen LogP contribution >= 0.6 is 11.6 Å². The molecule has 0 aromatic heterocycles. The van der Waals surface area contributed by atoms with E-state index in [1.165, 1.54) is 5.54 Å². The van der Waals surface area contributed by atoms with Crippen molar-refractivity contribution < 1.29 is 5.11 Å². The van der Waals surface area contributed by atoms with Crippen molar-refractivity contribution in [3.05, 3.63) is 35.4 Å². The van der Waals surface area contributed by atoms with E-state index in [0.29, 0.717) is 0 Å². The van der Waals surface area contributed by atoms with Gasteiger partial charge in [0.15, 0.2) is 0 Å². The van der Waals surface area contributed by atoms with Crippen LogP contribution in [0.25, 0.3) is 0 Å². The number of aliphatic hydroxyl groups excluding tert-OH is 1. The molecule has 0 amide bonds. The molecular weight excluding hydrogens is 148 g/mol. The first-order valence-corrected chi connectivity index (χ1v) is 3.45. The van der Waals surface area contributed by atoms with Gasteiger partial charge >= 0.3 is 0 Å². The molecule has 0 aromatic carbocycles. The third kappa shape index (κ3) is 5.60. The van der Waals surface area contributed by atoms with Crippen molar-refractivity contribution in [3.63, 3.8) is 0 Å². The molecular formula is C8H11ClO. The number of rotatable bonds is 3. The Morgan fingerprint density at radius 3 is 2.60 bits per heavy atom. The van der Waals surface area contributed by atoms with E-state index in [4.69, 9.17) is 16.7 Å². The van der Waals surface area contributed by atoms with Gasteiger partial charge in [0.25, 0.3) is 0 Å². The van der Waals surface area contributed by atoms with E-state index in [2.05, 4.69) is 0 Å². The molecule has 0 saturated carbocycles. The smallest absolute Gasteiger partial charge is 0.0642 e. The van der Waals surface area contributed by atoms with Crippen LogP contribution in [0.3, 0.4) is 0 Å². The maximum Gasteiger partial charge on any atom is 0.0642 e. The topological polar surface area (TPSA) is 20.2 Å². The van der Waals surface area contributed by atoms with Crippen LogP contribution in [-0.2, 0) is 0 Å². The Morgan fingerprint density at radius 2 is 2.10 bits per heavy atom. The van der Waals surface area contributed by atoms with Crippen molar-refractivity contribution in [1.29, 1.82) is 0 Å². The molecule has 0 rings (SSSR count). The van der Waals surface area contributed by atoms with Crippen LogP contribution in [0.5, 0.6) is 0 Å². The van der Waals surface area contributed by atoms with Crippen LogP contribution in [-0.4, -0.2) is 11.7 Å². The van der Waals surface area contributed by atoms with E-state index in [9.17, 15) is 0 Å². The van der Waals surface area contributed by atoms with Crippen molar-refractivity contribution in [2.24, 2.45) is 0 Å². The molecule has 0 aliphatic carbocycles. The van der Waals surface area contributed by atoms with Crippen molar-refractivity contribution in [3.8, 4) is 0 Å². The Bertz CT molecular complexity index is 157. The van der Waals surface area contributed by atoms with Crippen LogP contribution in [0.2, 0.25) is 0 Å². The van der Waals surface area contributed by atoms with Gasteiger partial charge in [-0.3, -0.25) is 0 Å². The van der Waals surface area contributed by atoms with E-state index in [1.54, 1.807) is 12.2 Å². The van der Waals surface area contributed by atoms with Gasteiger partial charge < -0.3 is 5.11 Å². The molecule has 0 saturated heterocycles. The van der Waals surface area contributed by atoms with Gasteiger partial charge in [-0.1, -0.05) is 35.9 Å². The number of allylic oxidation sites excluding steroid dienone is 4. The zero-order valence-corrected chi connectivity index (χ0v) is 6.67. The second kappa shape index (κ2) is 6.59. The van der Waals surface area contributed by atoms with E-state index >= 15 is 0 Å². The maximum atomic E-state index is 8.55. The van der Waals surface area contributed by atoms with Gasteiger partial charge in [-0.2, -0.15) is 0 Å². The van der Waals surface area contributed by atoms with E-state index < -0.39 is 0 Å². The Kier molecular flexibility index (Phi) is 6.24. The Morgan fingerprint density at radius 1 is 1.40 bits per heavy atom. The van der Waals surface area contributed by atoms with Crippen LogP contribution < -0.4 is 0 Å². The molecule has 0 bridgehead atoms. The highest BCUT2D eigenvalue weighted by molar-refractivity contribution is 6.25. The van der Waals surface area contributed by atoms with Crippen LogP contribution in [0.15, 0.2) is 35.4 Å². The minimum absolute atomic E-state index is 0.106. The second-order valence-corrected chi connectivity index (χ2v) is 2.13. The molecule has 0 radical (unpaired) electrons. The van der Waals surface area contributed by atoms with Gasteiger partial charge in [-0.15, -0.1) is 0 Å². The lowest BCUT2D eigenvalue weighted by Gasteiger charge is -1.86. The summed E-state index contributed by atoms with van der Waals surface area (Å²) in [6, 6.07) is 0. The molecule has 2 heteroatoms. The molecule has 1 N–H and O–H groups in total. The van der Waals surface area contributed by atoms with E-state index in [1.807, 2.05) is 19.1 Å². The molecule has 10 heavy (non-hydrogen) atoms. The lowest BCUT2D eigenvalue weighted by molar-refractivity contribution is 0.331. The van der Waals surface area contributed by atoms with E-state index in [0.717, 1.165) is 5.57 Å². The number of halogens is 1. The summed E-state index contributed by atoms with van der Waals surface area (Å²) in [6.45, 7) is 1.96. The Labute approximate surface area is 66.3 Å². The first kappa shape index (κ1) is 9.47. The summed E-state index contributed by atoms with van der Waals surface area (Å²) in [4.78, 5) is 0. The largest absolute Gasteiger partial charge is 0.392 e. The van der Waals surface area contributed by atoms with Crippen LogP contribution in [0, 0.1) is 0 Å². The maximum absolute atomic E-state index is 8.55. The molecule has 0 unspecified atom stereocenters. The average Bonchev–Trinajstić information content (AvgIpc) is 1.98. The Balaban J connectivity index is 3.70. The van der Waals surface area contributed by atoms with Gasteiger partial charge in [0.1, 0.15) is 0 Å². The lowest BCUT2D eigenvalue weighted by Crippen LogP contribution is -1.80. The first-order chi connectivity index (χ1) is 4.81. The lowest BCUT2D eigenvalue weighted by atomic mass is 10.3. The highest BCUT2D eigenvalue weighted by Crippen LogP contribution is 1.90. The fraction of sp³-hybridized carbons (Fsp3) is 0.250. The van der Waals surface area contributed by atoms with Crippen LogP contribution in [0.4, 0.5) is 0 Å². The average molecular weight is 159 g/mol. The molecule has 0 aliphatic rings. The fourth-order valence-electron chi connectivity index (χ4n) is 0.379. The van der Waals surface area contributed by atoms with Gasteiger partial charge in [0.2, 0.25) is 0 Å². The summed E-state index contributed by atoms with van der Waals surface area (Å²) in [6.07, 6.45) is 7.16. The van der Waals surface area contributed by atoms with Crippen LogP contribution in [0.1, 0.15) is 6.92 Å². The number of hydrogen-bond acceptors (Lipinski definition) is 1. The molecule has 0 fully saturated rings. The minimum Gasteiger partial charge on any atom is -0.392 e. The monoisotopic (exact) mass is 158 g/mol. The predicted octanol–water partition coefficient (Wildman–Crippen LogP) is 2.23. The molecule has 0 aromatic rings. The van der Waals surface area contributed by atoms with Crippen molar-refractivity contribution in [2.45, 2.75) is 6.92 Å². The molecule has 0 spiro atoms. The summed E-state index contributed by atoms with van der Waals surface area (Å²) in [5.74, 6) is 0. The van der Waals surface area contributed by atoms with Gasteiger partial charge in [-0.25, -0.2) is 0 Å². The summed E-state index contributed by atoms with van der Waals surface area (Å²) in [7, 11) is 0. The van der Waals surface area contributed by atoms with Crippen molar-refractivity contribution in [2.75, 3.05) is 6.61 Å². The molecule has 0 heterocycles. The Hall–Kier alpha value is -0.530. The zero-order valence-electron chi connectivity index (χ0n) is 5.92. The SMILES string of the molecule is C\C(=C/C=C/C=C\Cl)CO. The fourth-order valence-corrected chi connectivity index (χ4v) is 0.463. The van der Waals surface area contributed by atoms with Gasteiger partial charge in [0, 0.05) is 5.54 Å². The summed E-state index contributed by atoms with van der Waals surface area (Å²) in [5, 5.41) is 8.55. The number of hydrogen-bond donors (Lipinski definition) is 1. The minimum atomic E-state index is 0.106. The quantitative estimate of drug-likeness (QED) is 0.625. The first-order valence-electron chi connectivity index (χ1n) is 3.01. The summed E-state index contributed by atoms with van der Waals surface area (Å²) >= 11 is 5.25. The van der Waals surface area contributed by atoms with Gasteiger partial charge in [-0.05, 0) is 12.5 Å². The predicted molar refractivity (Wildman–Crippen MR) is 45.0 cm³/mol. The number of aliphatic hydroxyl groups is 1. The summed E-state index contributed by atoms with van der Waals surface area (Å²) in [5.41, 5.74) is 2.36.